The lowest BCUT2D eigenvalue weighted by molar-refractivity contribution is 0.0485. The van der Waals surface area contributed by atoms with E-state index in [9.17, 15) is 0 Å². The lowest BCUT2D eigenvalue weighted by atomic mass is 9.75. The Bertz CT molecular complexity index is 248. The van der Waals surface area contributed by atoms with Gasteiger partial charge in [0, 0.05) is 25.0 Å². The minimum atomic E-state index is 0.537. The monoisotopic (exact) mass is 329 g/mol. The fourth-order valence-electron chi connectivity index (χ4n) is 4.66. The molecule has 2 bridgehead atoms. The van der Waals surface area contributed by atoms with E-state index in [0.717, 1.165) is 11.8 Å². The van der Waals surface area contributed by atoms with Gasteiger partial charge in [0.25, 0.3) is 0 Å². The molecule has 19 heavy (non-hydrogen) atoms. The van der Waals surface area contributed by atoms with Gasteiger partial charge in [0.2, 0.25) is 0 Å². The van der Waals surface area contributed by atoms with Gasteiger partial charge in [-0.05, 0) is 49.4 Å². The van der Waals surface area contributed by atoms with E-state index in [0.29, 0.717) is 5.41 Å². The molecule has 2 atom stereocenters. The Balaban J connectivity index is 1.96. The number of rotatable bonds is 7. The molecule has 2 fully saturated rings. The molecule has 1 saturated heterocycles. The summed E-state index contributed by atoms with van der Waals surface area (Å²) in [5.41, 5.74) is 0.537. The Labute approximate surface area is 128 Å². The van der Waals surface area contributed by atoms with E-state index in [1.165, 1.54) is 76.3 Å². The molecule has 0 spiro atoms. The number of nitrogens with zero attached hydrogens (tertiary/aromatic N) is 1. The standard InChI is InChI=1S/C17H32BrN/c1-3-8-17(13-18,9-4-2)14-19-11-15-6-5-7-16(10-15)12-19/h15-16H,3-14H2,1-2H3. The lowest BCUT2D eigenvalue weighted by Crippen LogP contribution is -2.48. The predicted molar refractivity (Wildman–Crippen MR) is 87.9 cm³/mol. The second-order valence-corrected chi connectivity index (χ2v) is 7.79. The number of likely N-dealkylation sites (tertiary alicyclic amines) is 1. The molecule has 0 aromatic carbocycles. The first kappa shape index (κ1) is 15.8. The third-order valence-electron chi connectivity index (χ3n) is 5.33. The Morgan fingerprint density at radius 2 is 1.63 bits per heavy atom. The highest BCUT2D eigenvalue weighted by atomic mass is 79.9. The van der Waals surface area contributed by atoms with Gasteiger partial charge in [-0.2, -0.15) is 0 Å². The highest BCUT2D eigenvalue weighted by Crippen LogP contribution is 2.38. The number of hydrogen-bond donors (Lipinski definition) is 0. The average molecular weight is 330 g/mol. The van der Waals surface area contributed by atoms with Crippen molar-refractivity contribution in [1.29, 1.82) is 0 Å². The molecule has 1 nitrogen and oxygen atoms in total. The topological polar surface area (TPSA) is 3.24 Å². The maximum atomic E-state index is 3.84. The summed E-state index contributed by atoms with van der Waals surface area (Å²) in [6.07, 6.45) is 11.4. The van der Waals surface area contributed by atoms with Crippen LogP contribution in [0.4, 0.5) is 0 Å². The average Bonchev–Trinajstić information content (AvgIpc) is 2.39. The van der Waals surface area contributed by atoms with Crippen LogP contribution in [0, 0.1) is 17.3 Å². The van der Waals surface area contributed by atoms with Crippen molar-refractivity contribution < 1.29 is 0 Å². The summed E-state index contributed by atoms with van der Waals surface area (Å²) in [4.78, 5) is 2.82. The highest BCUT2D eigenvalue weighted by Gasteiger charge is 2.35. The molecule has 112 valence electrons. The molecule has 0 radical (unpaired) electrons. The Morgan fingerprint density at radius 1 is 1.05 bits per heavy atom. The zero-order chi connectivity index (χ0) is 13.7. The molecular weight excluding hydrogens is 298 g/mol. The maximum Gasteiger partial charge on any atom is 0.0100 e. The molecular formula is C17H32BrN. The van der Waals surface area contributed by atoms with Crippen molar-refractivity contribution in [1.82, 2.24) is 4.90 Å². The largest absolute Gasteiger partial charge is 0.302 e. The molecule has 2 heteroatoms. The number of fused-ring (bicyclic) bond motifs is 2. The zero-order valence-electron chi connectivity index (χ0n) is 13.0. The number of hydrogen-bond acceptors (Lipinski definition) is 1. The van der Waals surface area contributed by atoms with E-state index in [-0.39, 0.29) is 0 Å². The molecule has 0 aromatic heterocycles. The first-order valence-corrected chi connectivity index (χ1v) is 9.62. The summed E-state index contributed by atoms with van der Waals surface area (Å²) in [5.74, 6) is 2.03. The first-order valence-electron chi connectivity index (χ1n) is 8.49. The highest BCUT2D eigenvalue weighted by molar-refractivity contribution is 9.09. The zero-order valence-corrected chi connectivity index (χ0v) is 14.6. The van der Waals surface area contributed by atoms with Gasteiger partial charge in [0.1, 0.15) is 0 Å². The second-order valence-electron chi connectivity index (χ2n) is 7.23. The molecule has 2 rings (SSSR count). The summed E-state index contributed by atoms with van der Waals surface area (Å²) in [6.45, 7) is 8.81. The van der Waals surface area contributed by atoms with Crippen molar-refractivity contribution in [3.8, 4) is 0 Å². The van der Waals surface area contributed by atoms with Gasteiger partial charge in [-0.3, -0.25) is 0 Å². The number of halogens is 1. The molecule has 0 N–H and O–H groups in total. The molecule has 1 saturated carbocycles. The van der Waals surface area contributed by atoms with Gasteiger partial charge in [0.15, 0.2) is 0 Å². The van der Waals surface area contributed by atoms with Crippen LogP contribution in [0.3, 0.4) is 0 Å². The van der Waals surface area contributed by atoms with Crippen molar-refractivity contribution >= 4 is 15.9 Å². The van der Waals surface area contributed by atoms with E-state index in [1.807, 2.05) is 0 Å². The van der Waals surface area contributed by atoms with E-state index in [4.69, 9.17) is 0 Å². The van der Waals surface area contributed by atoms with Gasteiger partial charge in [-0.1, -0.05) is 49.0 Å². The predicted octanol–water partition coefficient (Wildman–Crippen LogP) is 5.09. The van der Waals surface area contributed by atoms with Gasteiger partial charge in [-0.15, -0.1) is 0 Å². The molecule has 1 aliphatic heterocycles. The van der Waals surface area contributed by atoms with Crippen molar-refractivity contribution in [2.24, 2.45) is 17.3 Å². The molecule has 2 unspecified atom stereocenters. The summed E-state index contributed by atoms with van der Waals surface area (Å²) in [5, 5.41) is 1.19. The fourth-order valence-corrected chi connectivity index (χ4v) is 5.40. The quantitative estimate of drug-likeness (QED) is 0.588. The van der Waals surface area contributed by atoms with Crippen LogP contribution in [0.15, 0.2) is 0 Å². The summed E-state index contributed by atoms with van der Waals surface area (Å²) < 4.78 is 0. The van der Waals surface area contributed by atoms with E-state index >= 15 is 0 Å². The third kappa shape index (κ3) is 4.20. The van der Waals surface area contributed by atoms with E-state index < -0.39 is 0 Å². The van der Waals surface area contributed by atoms with Crippen molar-refractivity contribution in [3.05, 3.63) is 0 Å². The van der Waals surface area contributed by atoms with Crippen LogP contribution < -0.4 is 0 Å². The fraction of sp³-hybridized carbons (Fsp3) is 1.00. The van der Waals surface area contributed by atoms with Crippen LogP contribution in [-0.4, -0.2) is 29.9 Å². The SMILES string of the molecule is CCCC(CBr)(CCC)CN1CC2CCCC(C2)C1. The van der Waals surface area contributed by atoms with Crippen LogP contribution >= 0.6 is 15.9 Å². The third-order valence-corrected chi connectivity index (χ3v) is 6.52. The van der Waals surface area contributed by atoms with Crippen molar-refractivity contribution in [2.45, 2.75) is 65.2 Å². The Morgan fingerprint density at radius 3 is 2.11 bits per heavy atom. The molecule has 1 aliphatic carbocycles. The smallest absolute Gasteiger partial charge is 0.0100 e. The van der Waals surface area contributed by atoms with Gasteiger partial charge in [-0.25, -0.2) is 0 Å². The van der Waals surface area contributed by atoms with Crippen LogP contribution in [0.25, 0.3) is 0 Å². The van der Waals surface area contributed by atoms with Crippen LogP contribution in [0.2, 0.25) is 0 Å². The minimum Gasteiger partial charge on any atom is -0.302 e. The van der Waals surface area contributed by atoms with Crippen molar-refractivity contribution in [2.75, 3.05) is 25.0 Å². The normalized spacial score (nSPS) is 28.6. The van der Waals surface area contributed by atoms with Crippen LogP contribution in [-0.2, 0) is 0 Å². The maximum absolute atomic E-state index is 3.84. The molecule has 0 aromatic rings. The Kier molecular flexibility index (Phi) is 6.20. The van der Waals surface area contributed by atoms with Gasteiger partial charge >= 0.3 is 0 Å². The summed E-state index contributed by atoms with van der Waals surface area (Å²) in [6, 6.07) is 0. The van der Waals surface area contributed by atoms with Gasteiger partial charge in [0.05, 0.1) is 0 Å². The van der Waals surface area contributed by atoms with E-state index in [1.54, 1.807) is 0 Å². The van der Waals surface area contributed by atoms with Crippen LogP contribution in [0.1, 0.15) is 65.2 Å². The Hall–Kier alpha value is 0.440. The molecule has 1 heterocycles. The van der Waals surface area contributed by atoms with Gasteiger partial charge < -0.3 is 4.90 Å². The number of piperidine rings is 1. The summed E-state index contributed by atoms with van der Waals surface area (Å²) in [7, 11) is 0. The molecule has 0 amide bonds. The summed E-state index contributed by atoms with van der Waals surface area (Å²) >= 11 is 3.84. The molecule has 2 aliphatic rings. The van der Waals surface area contributed by atoms with Crippen molar-refractivity contribution in [3.63, 3.8) is 0 Å². The lowest BCUT2D eigenvalue weighted by Gasteiger charge is -2.45. The van der Waals surface area contributed by atoms with E-state index in [2.05, 4.69) is 34.7 Å². The second kappa shape index (κ2) is 7.45. The minimum absolute atomic E-state index is 0.537. The number of alkyl halides is 1. The van der Waals surface area contributed by atoms with Crippen LogP contribution in [0.5, 0.6) is 0 Å². The first-order chi connectivity index (χ1) is 9.21.